The summed E-state index contributed by atoms with van der Waals surface area (Å²) < 4.78 is 1.54. The predicted octanol–water partition coefficient (Wildman–Crippen LogP) is 3.05. The number of carbonyl (C=O) groups excluding carboxylic acids is 1. The summed E-state index contributed by atoms with van der Waals surface area (Å²) >= 11 is 0. The van der Waals surface area contributed by atoms with Gasteiger partial charge >= 0.3 is 5.91 Å². The van der Waals surface area contributed by atoms with E-state index in [1.54, 1.807) is 4.52 Å². The molecule has 27 heavy (non-hydrogen) atoms. The molecule has 0 atom stereocenters. The second-order valence-corrected chi connectivity index (χ2v) is 6.39. The van der Waals surface area contributed by atoms with Crippen molar-refractivity contribution < 1.29 is 4.79 Å². The molecule has 0 bridgehead atoms. The Morgan fingerprint density at radius 3 is 2.63 bits per heavy atom. The van der Waals surface area contributed by atoms with Crippen LogP contribution in [0.1, 0.15) is 34.5 Å². The summed E-state index contributed by atoms with van der Waals surface area (Å²) in [5, 5.41) is 10.7. The highest BCUT2D eigenvalue weighted by atomic mass is 16.2. The molecule has 0 aliphatic rings. The Labute approximate surface area is 155 Å². The molecule has 7 heteroatoms. The summed E-state index contributed by atoms with van der Waals surface area (Å²) in [6.45, 7) is 5.61. The standard InChI is InChI=1S/C20H18N6O/c1-12-10-13(2)26-20(21-12)22-18(25-26)19(27)24-23-14(3)16-9-8-15-6-4-5-7-17(15)11-16/h4-11H,1-3H3,(H,24,27)/b23-14-. The molecule has 2 aromatic carbocycles. The molecule has 0 aliphatic heterocycles. The monoisotopic (exact) mass is 358 g/mol. The summed E-state index contributed by atoms with van der Waals surface area (Å²) in [6, 6.07) is 16.0. The molecule has 0 radical (unpaired) electrons. The quantitative estimate of drug-likeness (QED) is 0.451. The molecule has 0 saturated carbocycles. The van der Waals surface area contributed by atoms with E-state index in [0.29, 0.717) is 11.5 Å². The topological polar surface area (TPSA) is 84.5 Å². The predicted molar refractivity (Wildman–Crippen MR) is 104 cm³/mol. The lowest BCUT2D eigenvalue weighted by Gasteiger charge is -2.04. The maximum atomic E-state index is 12.4. The fraction of sp³-hybridized carbons (Fsp3) is 0.150. The van der Waals surface area contributed by atoms with Crippen molar-refractivity contribution in [2.75, 3.05) is 0 Å². The van der Waals surface area contributed by atoms with E-state index in [9.17, 15) is 4.79 Å². The van der Waals surface area contributed by atoms with Gasteiger partial charge in [-0.3, -0.25) is 4.79 Å². The summed E-state index contributed by atoms with van der Waals surface area (Å²) in [5.41, 5.74) is 5.84. The number of nitrogens with one attached hydrogen (secondary N) is 1. The number of aromatic nitrogens is 4. The third kappa shape index (κ3) is 3.27. The minimum Gasteiger partial charge on any atom is -0.264 e. The molecular formula is C20H18N6O. The van der Waals surface area contributed by atoms with E-state index < -0.39 is 5.91 Å². The van der Waals surface area contributed by atoms with Gasteiger partial charge in [0.15, 0.2) is 0 Å². The number of rotatable bonds is 3. The van der Waals surface area contributed by atoms with Crippen molar-refractivity contribution in [2.24, 2.45) is 5.10 Å². The van der Waals surface area contributed by atoms with E-state index in [1.807, 2.05) is 63.2 Å². The first-order chi connectivity index (χ1) is 13.0. The van der Waals surface area contributed by atoms with Crippen molar-refractivity contribution in [3.63, 3.8) is 0 Å². The van der Waals surface area contributed by atoms with Crippen LogP contribution in [-0.2, 0) is 0 Å². The Morgan fingerprint density at radius 1 is 1.04 bits per heavy atom. The second-order valence-electron chi connectivity index (χ2n) is 6.39. The fourth-order valence-corrected chi connectivity index (χ4v) is 2.93. The maximum absolute atomic E-state index is 12.4. The third-order valence-electron chi connectivity index (χ3n) is 4.31. The van der Waals surface area contributed by atoms with E-state index in [0.717, 1.165) is 27.7 Å². The minimum absolute atomic E-state index is 0.0336. The summed E-state index contributed by atoms with van der Waals surface area (Å²) in [4.78, 5) is 20.8. The van der Waals surface area contributed by atoms with Crippen molar-refractivity contribution in [1.82, 2.24) is 25.0 Å². The second kappa shape index (κ2) is 6.60. The van der Waals surface area contributed by atoms with Gasteiger partial charge in [-0.2, -0.15) is 10.1 Å². The average molecular weight is 358 g/mol. The van der Waals surface area contributed by atoms with E-state index in [4.69, 9.17) is 0 Å². The van der Waals surface area contributed by atoms with Gasteiger partial charge in [-0.25, -0.2) is 14.9 Å². The molecule has 4 aromatic rings. The number of aryl methyl sites for hydroxylation is 2. The van der Waals surface area contributed by atoms with Crippen LogP contribution in [0.4, 0.5) is 0 Å². The first kappa shape index (κ1) is 16.8. The van der Waals surface area contributed by atoms with Crippen molar-refractivity contribution in [3.05, 3.63) is 71.3 Å². The summed E-state index contributed by atoms with van der Waals surface area (Å²) in [5.74, 6) is -0.0446. The Bertz CT molecular complexity index is 1210. The molecule has 0 fully saturated rings. The van der Waals surface area contributed by atoms with Crippen molar-refractivity contribution in [2.45, 2.75) is 20.8 Å². The highest BCUT2D eigenvalue weighted by molar-refractivity contribution is 6.03. The van der Waals surface area contributed by atoms with Gasteiger partial charge in [0.25, 0.3) is 5.78 Å². The van der Waals surface area contributed by atoms with Crippen molar-refractivity contribution in [3.8, 4) is 0 Å². The van der Waals surface area contributed by atoms with Gasteiger partial charge in [0.2, 0.25) is 5.82 Å². The van der Waals surface area contributed by atoms with E-state index in [2.05, 4.69) is 31.7 Å². The van der Waals surface area contributed by atoms with E-state index in [-0.39, 0.29) is 5.82 Å². The average Bonchev–Trinajstić information content (AvgIpc) is 3.10. The van der Waals surface area contributed by atoms with E-state index in [1.165, 1.54) is 0 Å². The normalized spacial score (nSPS) is 11.9. The number of hydrogen-bond donors (Lipinski definition) is 1. The smallest absolute Gasteiger partial charge is 0.264 e. The summed E-state index contributed by atoms with van der Waals surface area (Å²) in [6.07, 6.45) is 0. The molecule has 0 spiro atoms. The molecule has 1 N–H and O–H groups in total. The van der Waals surface area contributed by atoms with Gasteiger partial charge in [-0.05, 0) is 49.2 Å². The third-order valence-corrected chi connectivity index (χ3v) is 4.31. The van der Waals surface area contributed by atoms with Gasteiger partial charge in [-0.1, -0.05) is 36.4 Å². The van der Waals surface area contributed by atoms with Crippen LogP contribution in [0, 0.1) is 13.8 Å². The molecule has 1 amide bonds. The Kier molecular flexibility index (Phi) is 4.12. The number of fused-ring (bicyclic) bond motifs is 2. The molecule has 134 valence electrons. The van der Waals surface area contributed by atoms with Crippen LogP contribution in [0.15, 0.2) is 53.6 Å². The van der Waals surface area contributed by atoms with Crippen LogP contribution in [0.3, 0.4) is 0 Å². The van der Waals surface area contributed by atoms with Gasteiger partial charge in [0.1, 0.15) is 0 Å². The zero-order valence-corrected chi connectivity index (χ0v) is 15.3. The van der Waals surface area contributed by atoms with Gasteiger partial charge in [0.05, 0.1) is 5.71 Å². The Morgan fingerprint density at radius 2 is 1.81 bits per heavy atom. The highest BCUT2D eigenvalue weighted by Gasteiger charge is 2.14. The number of nitrogens with zero attached hydrogens (tertiary/aromatic N) is 5. The summed E-state index contributed by atoms with van der Waals surface area (Å²) in [7, 11) is 0. The number of carbonyl (C=O) groups is 1. The highest BCUT2D eigenvalue weighted by Crippen LogP contribution is 2.16. The van der Waals surface area contributed by atoms with Gasteiger partial charge in [-0.15, -0.1) is 5.10 Å². The lowest BCUT2D eigenvalue weighted by molar-refractivity contribution is 0.0944. The molecule has 4 rings (SSSR count). The SMILES string of the molecule is C/C(=N/NC(=O)c1nc2nc(C)cc(C)n2n1)c1ccc2ccccc2c1. The fourth-order valence-electron chi connectivity index (χ4n) is 2.93. The molecule has 0 saturated heterocycles. The molecular weight excluding hydrogens is 340 g/mol. The number of hydrogen-bond acceptors (Lipinski definition) is 5. The lowest BCUT2D eigenvalue weighted by atomic mass is 10.0. The van der Waals surface area contributed by atoms with Crippen LogP contribution in [-0.4, -0.2) is 31.2 Å². The van der Waals surface area contributed by atoms with Crippen LogP contribution in [0.5, 0.6) is 0 Å². The van der Waals surface area contributed by atoms with Crippen LogP contribution in [0.25, 0.3) is 16.6 Å². The van der Waals surface area contributed by atoms with Crippen LogP contribution >= 0.6 is 0 Å². The van der Waals surface area contributed by atoms with E-state index >= 15 is 0 Å². The van der Waals surface area contributed by atoms with Crippen molar-refractivity contribution in [1.29, 1.82) is 0 Å². The molecule has 7 nitrogen and oxygen atoms in total. The molecule has 2 heterocycles. The minimum atomic E-state index is -0.474. The van der Waals surface area contributed by atoms with Crippen LogP contribution < -0.4 is 5.43 Å². The Hall–Kier alpha value is -3.61. The largest absolute Gasteiger partial charge is 0.311 e. The van der Waals surface area contributed by atoms with Gasteiger partial charge in [0, 0.05) is 11.4 Å². The maximum Gasteiger partial charge on any atom is 0.311 e. The number of benzene rings is 2. The van der Waals surface area contributed by atoms with Crippen molar-refractivity contribution >= 4 is 28.2 Å². The van der Waals surface area contributed by atoms with Gasteiger partial charge < -0.3 is 0 Å². The first-order valence-corrected chi connectivity index (χ1v) is 8.56. The van der Waals surface area contributed by atoms with Crippen LogP contribution in [0.2, 0.25) is 0 Å². The Balaban J connectivity index is 1.57. The zero-order valence-electron chi connectivity index (χ0n) is 15.3. The molecule has 0 unspecified atom stereocenters. The lowest BCUT2D eigenvalue weighted by Crippen LogP contribution is -2.20. The molecule has 2 aromatic heterocycles. The number of hydrazone groups is 1. The first-order valence-electron chi connectivity index (χ1n) is 8.56. The molecule has 0 aliphatic carbocycles. The number of amides is 1. The zero-order chi connectivity index (χ0) is 19.0.